The normalized spacial score (nSPS) is 12.0. The van der Waals surface area contributed by atoms with Crippen molar-refractivity contribution in [1.82, 2.24) is 0 Å². The second-order valence-corrected chi connectivity index (χ2v) is 8.54. The lowest BCUT2D eigenvalue weighted by Gasteiger charge is -2.17. The van der Waals surface area contributed by atoms with E-state index in [0.717, 1.165) is 26.4 Å². The number of rotatable bonds is 8. The number of ether oxygens (including phenoxy) is 2. The van der Waals surface area contributed by atoms with E-state index in [0.29, 0.717) is 0 Å². The van der Waals surface area contributed by atoms with Crippen LogP contribution in [0.5, 0.6) is 0 Å². The summed E-state index contributed by atoms with van der Waals surface area (Å²) < 4.78 is 10.7. The van der Waals surface area contributed by atoms with E-state index < -0.39 is 7.26 Å². The van der Waals surface area contributed by atoms with E-state index in [-0.39, 0.29) is 0 Å². The molecule has 0 aromatic heterocycles. The topological polar surface area (TPSA) is 18.5 Å². The third-order valence-corrected chi connectivity index (χ3v) is 4.88. The molecule has 0 aliphatic carbocycles. The summed E-state index contributed by atoms with van der Waals surface area (Å²) in [5.41, 5.74) is 0. The first kappa shape index (κ1) is 13.4. The van der Waals surface area contributed by atoms with Gasteiger partial charge in [0, 0.05) is 33.8 Å². The molecule has 0 aliphatic heterocycles. The predicted octanol–water partition coefficient (Wildman–Crippen LogP) is 2.34. The fourth-order valence-corrected chi connectivity index (χ4v) is 2.49. The van der Waals surface area contributed by atoms with Crippen LogP contribution in [0.4, 0.5) is 0 Å². The van der Waals surface area contributed by atoms with E-state index in [2.05, 4.69) is 13.3 Å². The van der Waals surface area contributed by atoms with Gasteiger partial charge in [-0.2, -0.15) is 0 Å². The standard InChI is InChI=1S/C10H24O2P/c1-5-11-7-9-13(3,4)10-8-12-6-2/h5-10H2,1-4H3/q+1. The Balaban J connectivity index is 3.42. The van der Waals surface area contributed by atoms with Crippen molar-refractivity contribution in [2.24, 2.45) is 0 Å². The Kier molecular flexibility index (Phi) is 7.93. The summed E-state index contributed by atoms with van der Waals surface area (Å²) in [6.45, 7) is 12.4. The molecule has 3 heteroatoms. The second kappa shape index (κ2) is 7.73. The van der Waals surface area contributed by atoms with E-state index in [4.69, 9.17) is 9.47 Å². The highest BCUT2D eigenvalue weighted by molar-refractivity contribution is 7.74. The number of hydrogen-bond donors (Lipinski definition) is 0. The maximum atomic E-state index is 5.36. The van der Waals surface area contributed by atoms with Gasteiger partial charge >= 0.3 is 0 Å². The minimum Gasteiger partial charge on any atom is -0.378 e. The Morgan fingerprint density at radius 3 is 1.54 bits per heavy atom. The maximum Gasteiger partial charge on any atom is 0.0823 e. The molecule has 80 valence electrons. The van der Waals surface area contributed by atoms with Gasteiger partial charge in [0.15, 0.2) is 0 Å². The molecule has 0 bridgehead atoms. The smallest absolute Gasteiger partial charge is 0.0823 e. The third kappa shape index (κ3) is 8.67. The third-order valence-electron chi connectivity index (χ3n) is 2.09. The molecule has 0 aromatic carbocycles. The summed E-state index contributed by atoms with van der Waals surface area (Å²) in [5.74, 6) is 0. The Hall–Kier alpha value is 0.350. The average Bonchev–Trinajstić information content (AvgIpc) is 2.05. The largest absolute Gasteiger partial charge is 0.378 e. The van der Waals surface area contributed by atoms with Crippen molar-refractivity contribution >= 4 is 7.26 Å². The molecular formula is C10H24O2P+. The van der Waals surface area contributed by atoms with E-state index in [9.17, 15) is 0 Å². The quantitative estimate of drug-likeness (QED) is 0.449. The summed E-state index contributed by atoms with van der Waals surface area (Å²) >= 11 is 0. The van der Waals surface area contributed by atoms with Gasteiger partial charge in [-0.15, -0.1) is 0 Å². The summed E-state index contributed by atoms with van der Waals surface area (Å²) in [7, 11) is -0.752. The van der Waals surface area contributed by atoms with Crippen molar-refractivity contribution in [1.29, 1.82) is 0 Å². The van der Waals surface area contributed by atoms with Gasteiger partial charge in [0.2, 0.25) is 0 Å². The van der Waals surface area contributed by atoms with Crippen LogP contribution < -0.4 is 0 Å². The maximum absolute atomic E-state index is 5.36. The molecule has 0 heterocycles. The Bertz CT molecular complexity index is 103. The SMILES string of the molecule is CCOCC[P+](C)(C)CCOCC. The van der Waals surface area contributed by atoms with E-state index in [1.807, 2.05) is 13.8 Å². The van der Waals surface area contributed by atoms with Gasteiger partial charge in [-0.05, 0) is 13.8 Å². The molecule has 0 radical (unpaired) electrons. The summed E-state index contributed by atoms with van der Waals surface area (Å²) in [6, 6.07) is 0. The second-order valence-electron chi connectivity index (χ2n) is 3.78. The average molecular weight is 207 g/mol. The van der Waals surface area contributed by atoms with Crippen molar-refractivity contribution in [3.8, 4) is 0 Å². The molecular weight excluding hydrogens is 183 g/mol. The lowest BCUT2D eigenvalue weighted by atomic mass is 10.8. The van der Waals surface area contributed by atoms with Crippen molar-refractivity contribution < 1.29 is 9.47 Å². The molecule has 2 nitrogen and oxygen atoms in total. The van der Waals surface area contributed by atoms with Gasteiger partial charge in [-0.3, -0.25) is 0 Å². The summed E-state index contributed by atoms with van der Waals surface area (Å²) in [5, 5.41) is 0. The van der Waals surface area contributed by atoms with Crippen LogP contribution in [0, 0.1) is 0 Å². The van der Waals surface area contributed by atoms with Crippen LogP contribution in [0.25, 0.3) is 0 Å². The lowest BCUT2D eigenvalue weighted by molar-refractivity contribution is 0.160. The Morgan fingerprint density at radius 2 is 1.23 bits per heavy atom. The van der Waals surface area contributed by atoms with Gasteiger partial charge in [-0.1, -0.05) is 0 Å². The minimum atomic E-state index is -0.752. The van der Waals surface area contributed by atoms with Crippen LogP contribution in [-0.4, -0.2) is 52.1 Å². The molecule has 0 atom stereocenters. The van der Waals surface area contributed by atoms with Gasteiger partial charge in [0.05, 0.1) is 25.5 Å². The zero-order chi connectivity index (χ0) is 10.2. The number of hydrogen-bond acceptors (Lipinski definition) is 2. The first-order chi connectivity index (χ1) is 6.12. The van der Waals surface area contributed by atoms with Crippen LogP contribution >= 0.6 is 7.26 Å². The van der Waals surface area contributed by atoms with Crippen molar-refractivity contribution in [3.63, 3.8) is 0 Å². The lowest BCUT2D eigenvalue weighted by Crippen LogP contribution is -2.11. The van der Waals surface area contributed by atoms with E-state index >= 15 is 0 Å². The highest BCUT2D eigenvalue weighted by Crippen LogP contribution is 2.50. The van der Waals surface area contributed by atoms with E-state index in [1.54, 1.807) is 0 Å². The van der Waals surface area contributed by atoms with Gasteiger partial charge < -0.3 is 9.47 Å². The molecule has 0 saturated heterocycles. The molecule has 0 fully saturated rings. The van der Waals surface area contributed by atoms with Gasteiger partial charge in [-0.25, -0.2) is 0 Å². The molecule has 0 rings (SSSR count). The highest BCUT2D eigenvalue weighted by atomic mass is 31.2. The van der Waals surface area contributed by atoms with Crippen molar-refractivity contribution in [2.45, 2.75) is 13.8 Å². The first-order valence-electron chi connectivity index (χ1n) is 5.10. The van der Waals surface area contributed by atoms with Gasteiger partial charge in [0.25, 0.3) is 0 Å². The molecule has 0 saturated carbocycles. The summed E-state index contributed by atoms with van der Waals surface area (Å²) in [6.07, 6.45) is 2.46. The molecule has 0 N–H and O–H groups in total. The van der Waals surface area contributed by atoms with Crippen molar-refractivity contribution in [3.05, 3.63) is 0 Å². The molecule has 0 unspecified atom stereocenters. The Morgan fingerprint density at radius 1 is 0.846 bits per heavy atom. The van der Waals surface area contributed by atoms with E-state index in [1.165, 1.54) is 12.3 Å². The minimum absolute atomic E-state index is 0.752. The van der Waals surface area contributed by atoms with Crippen LogP contribution in [-0.2, 0) is 9.47 Å². The molecule has 0 spiro atoms. The molecule has 13 heavy (non-hydrogen) atoms. The van der Waals surface area contributed by atoms with Crippen LogP contribution in [0.1, 0.15) is 13.8 Å². The summed E-state index contributed by atoms with van der Waals surface area (Å²) in [4.78, 5) is 0. The first-order valence-corrected chi connectivity index (χ1v) is 8.15. The predicted molar refractivity (Wildman–Crippen MR) is 61.5 cm³/mol. The van der Waals surface area contributed by atoms with Crippen LogP contribution in [0.3, 0.4) is 0 Å². The molecule has 0 aliphatic rings. The van der Waals surface area contributed by atoms with Crippen LogP contribution in [0.2, 0.25) is 0 Å². The monoisotopic (exact) mass is 207 g/mol. The zero-order valence-corrected chi connectivity index (χ0v) is 10.4. The fraction of sp³-hybridized carbons (Fsp3) is 1.00. The zero-order valence-electron chi connectivity index (χ0n) is 9.51. The van der Waals surface area contributed by atoms with Gasteiger partial charge in [0.1, 0.15) is 0 Å². The molecule has 0 aromatic rings. The Labute approximate surface area is 83.3 Å². The fourth-order valence-electron chi connectivity index (χ4n) is 1.02. The molecule has 0 amide bonds. The van der Waals surface area contributed by atoms with Crippen molar-refractivity contribution in [2.75, 3.05) is 52.1 Å². The van der Waals surface area contributed by atoms with Crippen LogP contribution in [0.15, 0.2) is 0 Å². The highest BCUT2D eigenvalue weighted by Gasteiger charge is 2.23.